The summed E-state index contributed by atoms with van der Waals surface area (Å²) in [6.45, 7) is 1.93. The zero-order valence-electron chi connectivity index (χ0n) is 13.7. The number of amides is 1. The molecule has 0 saturated carbocycles. The maximum absolute atomic E-state index is 12.5. The van der Waals surface area contributed by atoms with E-state index in [4.69, 9.17) is 0 Å². The van der Waals surface area contributed by atoms with Crippen molar-refractivity contribution in [3.8, 4) is 0 Å². The third kappa shape index (κ3) is 3.58. The number of rotatable bonds is 3. The number of pyridine rings is 1. The number of carbonyl (C=O) groups is 1. The molecule has 2 aromatic rings. The summed E-state index contributed by atoms with van der Waals surface area (Å²) in [5.74, 6) is -0.557. The number of hydrogen-bond acceptors (Lipinski definition) is 4. The van der Waals surface area contributed by atoms with Crippen LogP contribution in [0.1, 0.15) is 11.1 Å². The number of carbonyl (C=O) groups excluding carboxylic acids is 1. The van der Waals surface area contributed by atoms with Crippen molar-refractivity contribution in [2.45, 2.75) is 6.92 Å². The average molecular weight is 356 g/mol. The van der Waals surface area contributed by atoms with Crippen LogP contribution in [0, 0.1) is 6.92 Å². The van der Waals surface area contributed by atoms with Crippen LogP contribution < -0.4 is 5.32 Å². The number of hydrogen-bond donors (Lipinski definition) is 1. The van der Waals surface area contributed by atoms with Crippen molar-refractivity contribution in [3.05, 3.63) is 71.7 Å². The summed E-state index contributed by atoms with van der Waals surface area (Å²) in [7, 11) is -2.69. The first-order valence-corrected chi connectivity index (χ1v) is 8.85. The van der Waals surface area contributed by atoms with Gasteiger partial charge in [0.25, 0.3) is 5.91 Å². The van der Waals surface area contributed by atoms with Gasteiger partial charge in [0.05, 0.1) is 17.6 Å². The number of aryl methyl sites for hydroxylation is 1. The third-order valence-corrected chi connectivity index (χ3v) is 4.99. The maximum Gasteiger partial charge on any atom is 0.345 e. The van der Waals surface area contributed by atoms with E-state index in [1.54, 1.807) is 30.5 Å². The van der Waals surface area contributed by atoms with E-state index in [0.717, 1.165) is 9.87 Å². The smallest absolute Gasteiger partial charge is 0.319 e. The second kappa shape index (κ2) is 6.48. The van der Waals surface area contributed by atoms with E-state index in [0.29, 0.717) is 11.3 Å². The lowest BCUT2D eigenvalue weighted by Crippen LogP contribution is -2.35. The number of nitrogens with one attached hydrogen (secondary N) is 1. The average Bonchev–Trinajstić information content (AvgIpc) is 2.58. The van der Waals surface area contributed by atoms with Gasteiger partial charge in [-0.2, -0.15) is 8.42 Å². The van der Waals surface area contributed by atoms with Crippen molar-refractivity contribution in [2.24, 2.45) is 4.40 Å². The van der Waals surface area contributed by atoms with Gasteiger partial charge >= 0.3 is 10.2 Å². The summed E-state index contributed by atoms with van der Waals surface area (Å²) in [4.78, 5) is 16.4. The van der Waals surface area contributed by atoms with Gasteiger partial charge < -0.3 is 5.32 Å². The molecule has 1 N–H and O–H groups in total. The van der Waals surface area contributed by atoms with Crippen LogP contribution in [0.5, 0.6) is 0 Å². The summed E-state index contributed by atoms with van der Waals surface area (Å²) >= 11 is 0. The lowest BCUT2D eigenvalue weighted by atomic mass is 10.1. The minimum atomic E-state index is -3.98. The quantitative estimate of drug-likeness (QED) is 0.909. The summed E-state index contributed by atoms with van der Waals surface area (Å²) in [6, 6.07) is 10.6. The van der Waals surface area contributed by atoms with Crippen molar-refractivity contribution in [1.29, 1.82) is 0 Å². The Kier molecular flexibility index (Phi) is 4.37. The predicted molar refractivity (Wildman–Crippen MR) is 95.3 cm³/mol. The number of allylic oxidation sites excluding steroid dienone is 1. The van der Waals surface area contributed by atoms with Gasteiger partial charge in [0.15, 0.2) is 0 Å². The highest BCUT2D eigenvalue weighted by molar-refractivity contribution is 7.88. The highest BCUT2D eigenvalue weighted by Gasteiger charge is 2.30. The van der Waals surface area contributed by atoms with Crippen LogP contribution in [0.3, 0.4) is 0 Å². The minimum Gasteiger partial charge on any atom is -0.319 e. The fraction of sp³-hybridized carbons (Fsp3) is 0.118. The van der Waals surface area contributed by atoms with Gasteiger partial charge in [0.2, 0.25) is 0 Å². The Labute approximate surface area is 145 Å². The van der Waals surface area contributed by atoms with Crippen LogP contribution in [0.4, 0.5) is 5.69 Å². The Balaban J connectivity index is 1.98. The van der Waals surface area contributed by atoms with Gasteiger partial charge in [-0.05, 0) is 25.1 Å². The van der Waals surface area contributed by atoms with Crippen molar-refractivity contribution in [3.63, 3.8) is 0 Å². The van der Waals surface area contributed by atoms with Gasteiger partial charge in [-0.15, -0.1) is 4.40 Å². The lowest BCUT2D eigenvalue weighted by molar-refractivity contribution is -0.113. The van der Waals surface area contributed by atoms with Crippen molar-refractivity contribution in [1.82, 2.24) is 9.29 Å². The number of aromatic nitrogens is 1. The summed E-state index contributed by atoms with van der Waals surface area (Å²) in [6.07, 6.45) is 4.51. The standard InChI is InChI=1S/C17H16N4O3S/c1-12-5-7-13(8-6-12)15-10-16(21(2)25(23,24)20-15)17(22)19-14-4-3-9-18-11-14/h3-11H,1-2H3,(H,19,22). The van der Waals surface area contributed by atoms with Crippen LogP contribution in [0.2, 0.25) is 0 Å². The van der Waals surface area contributed by atoms with Gasteiger partial charge in [0, 0.05) is 18.8 Å². The molecule has 1 amide bonds. The van der Waals surface area contributed by atoms with Crippen LogP contribution in [0.15, 0.2) is 65.0 Å². The fourth-order valence-corrected chi connectivity index (χ4v) is 3.17. The highest BCUT2D eigenvalue weighted by Crippen LogP contribution is 2.21. The topological polar surface area (TPSA) is 91.7 Å². The van der Waals surface area contributed by atoms with Gasteiger partial charge in [-0.1, -0.05) is 29.8 Å². The predicted octanol–water partition coefficient (Wildman–Crippen LogP) is 1.89. The number of nitrogens with zero attached hydrogens (tertiary/aromatic N) is 3. The Morgan fingerprint density at radius 1 is 1.16 bits per heavy atom. The van der Waals surface area contributed by atoms with E-state index in [9.17, 15) is 13.2 Å². The molecule has 0 unspecified atom stereocenters. The second-order valence-electron chi connectivity index (χ2n) is 5.51. The molecule has 3 rings (SSSR count). The van der Waals surface area contributed by atoms with Crippen LogP contribution in [-0.4, -0.2) is 36.4 Å². The Morgan fingerprint density at radius 2 is 1.88 bits per heavy atom. The van der Waals surface area contributed by atoms with Crippen molar-refractivity contribution < 1.29 is 13.2 Å². The molecule has 7 nitrogen and oxygen atoms in total. The summed E-state index contributed by atoms with van der Waals surface area (Å²) < 4.78 is 29.2. The number of likely N-dealkylation sites (N-methyl/N-ethyl adjacent to an activating group) is 1. The molecule has 1 aromatic carbocycles. The number of anilines is 1. The van der Waals surface area contributed by atoms with Crippen molar-refractivity contribution >= 4 is 27.5 Å². The molecule has 1 aromatic heterocycles. The Bertz CT molecular complexity index is 965. The van der Waals surface area contributed by atoms with E-state index in [1.807, 2.05) is 19.1 Å². The normalized spacial score (nSPS) is 16.0. The molecule has 0 aliphatic carbocycles. The van der Waals surface area contributed by atoms with Crippen LogP contribution in [0.25, 0.3) is 0 Å². The molecule has 0 bridgehead atoms. The molecule has 0 fully saturated rings. The van der Waals surface area contributed by atoms with Crippen LogP contribution >= 0.6 is 0 Å². The largest absolute Gasteiger partial charge is 0.345 e. The molecule has 128 valence electrons. The third-order valence-electron chi connectivity index (χ3n) is 3.67. The zero-order valence-corrected chi connectivity index (χ0v) is 14.5. The molecule has 0 radical (unpaired) electrons. The Morgan fingerprint density at radius 3 is 2.52 bits per heavy atom. The monoisotopic (exact) mass is 356 g/mol. The maximum atomic E-state index is 12.5. The SMILES string of the molecule is Cc1ccc(C2=NS(=O)(=O)N(C)C(C(=O)Nc3cccnc3)=C2)cc1. The first-order chi connectivity index (χ1) is 11.9. The lowest BCUT2D eigenvalue weighted by Gasteiger charge is -2.23. The molecule has 0 atom stereocenters. The second-order valence-corrected chi connectivity index (χ2v) is 7.14. The molecule has 0 spiro atoms. The first kappa shape index (κ1) is 16.8. The molecule has 0 saturated heterocycles. The molecule has 25 heavy (non-hydrogen) atoms. The Hall–Kier alpha value is -3.00. The first-order valence-electron chi connectivity index (χ1n) is 7.46. The zero-order chi connectivity index (χ0) is 18.0. The molecule has 8 heteroatoms. The molecular formula is C17H16N4O3S. The molecule has 1 aliphatic rings. The minimum absolute atomic E-state index is 0.0190. The van der Waals surface area contributed by atoms with Gasteiger partial charge in [0.1, 0.15) is 5.70 Å². The van der Waals surface area contributed by atoms with Gasteiger partial charge in [-0.25, -0.2) is 4.31 Å². The van der Waals surface area contributed by atoms with E-state index < -0.39 is 16.1 Å². The summed E-state index contributed by atoms with van der Waals surface area (Å²) in [5.41, 5.74) is 2.33. The van der Waals surface area contributed by atoms with Crippen LogP contribution in [-0.2, 0) is 15.0 Å². The van der Waals surface area contributed by atoms with E-state index >= 15 is 0 Å². The highest BCUT2D eigenvalue weighted by atomic mass is 32.2. The molecular weight excluding hydrogens is 340 g/mol. The fourth-order valence-electron chi connectivity index (χ4n) is 2.26. The number of benzene rings is 1. The van der Waals surface area contributed by atoms with E-state index in [2.05, 4.69) is 14.7 Å². The summed E-state index contributed by atoms with van der Waals surface area (Å²) in [5, 5.41) is 2.63. The van der Waals surface area contributed by atoms with E-state index in [1.165, 1.54) is 19.3 Å². The van der Waals surface area contributed by atoms with Gasteiger partial charge in [-0.3, -0.25) is 9.78 Å². The molecule has 1 aliphatic heterocycles. The van der Waals surface area contributed by atoms with E-state index in [-0.39, 0.29) is 11.4 Å². The van der Waals surface area contributed by atoms with Crippen molar-refractivity contribution in [2.75, 3.05) is 12.4 Å². The molecule has 2 heterocycles.